The summed E-state index contributed by atoms with van der Waals surface area (Å²) in [6.45, 7) is 3.64. The van der Waals surface area contributed by atoms with E-state index >= 15 is 0 Å². The average molecular weight is 177 g/mol. The van der Waals surface area contributed by atoms with Crippen LogP contribution in [0.3, 0.4) is 0 Å². The lowest BCUT2D eigenvalue weighted by Crippen LogP contribution is -2.33. The average Bonchev–Trinajstić information content (AvgIpc) is 2.05. The first-order chi connectivity index (χ1) is 5.39. The van der Waals surface area contributed by atoms with Crippen molar-refractivity contribution < 1.29 is 20.1 Å². The molecule has 12 heavy (non-hydrogen) atoms. The molecule has 0 saturated carbocycles. The summed E-state index contributed by atoms with van der Waals surface area (Å²) in [5.41, 5.74) is 3.23. The van der Waals surface area contributed by atoms with Crippen LogP contribution in [0.2, 0.25) is 0 Å². The van der Waals surface area contributed by atoms with Crippen LogP contribution in [-0.2, 0) is 4.79 Å². The van der Waals surface area contributed by atoms with Crippen molar-refractivity contribution in [3.8, 4) is 0 Å². The third-order valence-electron chi connectivity index (χ3n) is 0.882. The predicted octanol–water partition coefficient (Wildman–Crippen LogP) is -1.62. The van der Waals surface area contributed by atoms with Gasteiger partial charge in [0, 0.05) is 0 Å². The molecule has 0 aromatic heterocycles. The van der Waals surface area contributed by atoms with Gasteiger partial charge in [-0.05, 0) is 13.0 Å². The zero-order valence-electron chi connectivity index (χ0n) is 7.03. The van der Waals surface area contributed by atoms with Gasteiger partial charge in [-0.3, -0.25) is 4.79 Å². The van der Waals surface area contributed by atoms with Crippen molar-refractivity contribution in [3.63, 3.8) is 0 Å². The summed E-state index contributed by atoms with van der Waals surface area (Å²) in [4.78, 5) is 9.47. The van der Waals surface area contributed by atoms with Crippen LogP contribution in [0.1, 0.15) is 6.92 Å². The second-order valence-corrected chi connectivity index (χ2v) is 2.42. The Bertz CT molecular complexity index is 138. The minimum Gasteiger partial charge on any atom is -0.393 e. The molecule has 0 saturated heterocycles. The zero-order chi connectivity index (χ0) is 10.2. The van der Waals surface area contributed by atoms with Gasteiger partial charge in [-0.25, -0.2) is 0 Å². The number of aliphatic hydroxyl groups is 3. The lowest BCUT2D eigenvalue weighted by molar-refractivity contribution is -0.113. The number of carbonyl (C=O) groups excluding carboxylic acids is 1. The molecule has 5 N–H and O–H groups in total. The Morgan fingerprint density at radius 3 is 1.83 bits per heavy atom. The van der Waals surface area contributed by atoms with Crippen molar-refractivity contribution >= 4 is 5.91 Å². The van der Waals surface area contributed by atoms with Crippen LogP contribution in [0.25, 0.3) is 0 Å². The van der Waals surface area contributed by atoms with Crippen LogP contribution in [0.4, 0.5) is 0 Å². The molecule has 0 bridgehead atoms. The summed E-state index contributed by atoms with van der Waals surface area (Å²) in [6, 6.07) is 0. The summed E-state index contributed by atoms with van der Waals surface area (Å²) in [5.74, 6) is -0.481. The maximum absolute atomic E-state index is 9.47. The molecule has 0 aromatic carbocycles. The topological polar surface area (TPSA) is 104 Å². The van der Waals surface area contributed by atoms with Gasteiger partial charge >= 0.3 is 0 Å². The Hall–Kier alpha value is -0.910. The third-order valence-corrected chi connectivity index (χ3v) is 0.882. The summed E-state index contributed by atoms with van der Waals surface area (Å²) in [6.07, 6.45) is 1.06. The molecule has 0 aromatic rings. The van der Waals surface area contributed by atoms with E-state index in [1.165, 1.54) is 6.92 Å². The Balaban J connectivity index is 0. The number of carbonyl (C=O) groups is 1. The highest BCUT2D eigenvalue weighted by atomic mass is 16.4. The maximum atomic E-state index is 9.47. The molecule has 1 amide bonds. The van der Waals surface area contributed by atoms with Crippen LogP contribution in [0, 0.1) is 0 Å². The SMILES string of the molecule is C=CC(N)=O.CC(O)(CO)CO. The number of primary amides is 1. The maximum Gasteiger partial charge on any atom is 0.240 e. The molecule has 0 heterocycles. The summed E-state index contributed by atoms with van der Waals surface area (Å²) in [5, 5.41) is 25.0. The molecule has 0 spiro atoms. The summed E-state index contributed by atoms with van der Waals surface area (Å²) < 4.78 is 0. The summed E-state index contributed by atoms with van der Waals surface area (Å²) >= 11 is 0. The van der Waals surface area contributed by atoms with E-state index in [1.807, 2.05) is 0 Å². The van der Waals surface area contributed by atoms with E-state index < -0.39 is 24.7 Å². The molecule has 0 unspecified atom stereocenters. The Morgan fingerprint density at radius 1 is 1.58 bits per heavy atom. The smallest absolute Gasteiger partial charge is 0.240 e. The van der Waals surface area contributed by atoms with E-state index in [0.717, 1.165) is 6.08 Å². The number of hydrogen-bond acceptors (Lipinski definition) is 4. The van der Waals surface area contributed by atoms with Gasteiger partial charge in [0.05, 0.1) is 13.2 Å². The molecular weight excluding hydrogens is 162 g/mol. The van der Waals surface area contributed by atoms with E-state index in [2.05, 4.69) is 12.3 Å². The van der Waals surface area contributed by atoms with Crippen LogP contribution >= 0.6 is 0 Å². The number of rotatable bonds is 3. The molecule has 5 heteroatoms. The molecule has 0 rings (SSSR count). The van der Waals surface area contributed by atoms with Gasteiger partial charge in [-0.2, -0.15) is 0 Å². The highest BCUT2D eigenvalue weighted by Crippen LogP contribution is 1.96. The van der Waals surface area contributed by atoms with E-state index in [1.54, 1.807) is 0 Å². The number of hydrogen-bond donors (Lipinski definition) is 4. The molecule has 5 nitrogen and oxygen atoms in total. The first-order valence-corrected chi connectivity index (χ1v) is 3.25. The molecule has 0 aliphatic rings. The normalized spacial score (nSPS) is 9.67. The number of aliphatic hydroxyl groups excluding tert-OH is 2. The zero-order valence-corrected chi connectivity index (χ0v) is 7.03. The summed E-state index contributed by atoms with van der Waals surface area (Å²) in [7, 11) is 0. The van der Waals surface area contributed by atoms with Crippen molar-refractivity contribution in [3.05, 3.63) is 12.7 Å². The number of amides is 1. The largest absolute Gasteiger partial charge is 0.393 e. The minimum atomic E-state index is -1.31. The monoisotopic (exact) mass is 177 g/mol. The molecule has 0 aliphatic carbocycles. The minimum absolute atomic E-state index is 0.399. The lowest BCUT2D eigenvalue weighted by atomic mass is 10.1. The van der Waals surface area contributed by atoms with Crippen molar-refractivity contribution in [1.29, 1.82) is 0 Å². The standard InChI is InChI=1S/C4H10O3.C3H5NO/c1-4(7,2-5)3-6;1-2-3(4)5/h5-7H,2-3H2,1H3;2H,1H2,(H2,4,5). The third kappa shape index (κ3) is 11.8. The van der Waals surface area contributed by atoms with E-state index in [-0.39, 0.29) is 0 Å². The first kappa shape index (κ1) is 13.7. The van der Waals surface area contributed by atoms with Crippen molar-refractivity contribution in [2.75, 3.05) is 13.2 Å². The second-order valence-electron chi connectivity index (χ2n) is 2.42. The quantitative estimate of drug-likeness (QED) is 0.389. The van der Waals surface area contributed by atoms with Gasteiger partial charge in [0.25, 0.3) is 0 Å². The van der Waals surface area contributed by atoms with Crippen LogP contribution in [0.15, 0.2) is 12.7 Å². The van der Waals surface area contributed by atoms with E-state index in [4.69, 9.17) is 15.3 Å². The molecule has 72 valence electrons. The lowest BCUT2D eigenvalue weighted by Gasteiger charge is -2.14. The van der Waals surface area contributed by atoms with Gasteiger partial charge in [0.1, 0.15) is 5.60 Å². The van der Waals surface area contributed by atoms with Crippen LogP contribution < -0.4 is 5.73 Å². The van der Waals surface area contributed by atoms with Crippen LogP contribution in [0.5, 0.6) is 0 Å². The van der Waals surface area contributed by atoms with Crippen molar-refractivity contribution in [2.45, 2.75) is 12.5 Å². The second kappa shape index (κ2) is 6.78. The van der Waals surface area contributed by atoms with Crippen molar-refractivity contribution in [2.24, 2.45) is 5.73 Å². The van der Waals surface area contributed by atoms with Crippen LogP contribution in [-0.4, -0.2) is 40.0 Å². The highest BCUT2D eigenvalue weighted by Gasteiger charge is 2.15. The fourth-order valence-corrected chi connectivity index (χ4v) is 0.0500. The predicted molar refractivity (Wildman–Crippen MR) is 44.2 cm³/mol. The molecule has 0 aliphatic heterocycles. The van der Waals surface area contributed by atoms with Gasteiger partial charge in [0.15, 0.2) is 0 Å². The van der Waals surface area contributed by atoms with Gasteiger partial charge in [0.2, 0.25) is 5.91 Å². The molecule has 0 atom stereocenters. The van der Waals surface area contributed by atoms with Crippen molar-refractivity contribution in [1.82, 2.24) is 0 Å². The van der Waals surface area contributed by atoms with Gasteiger partial charge in [-0.1, -0.05) is 6.58 Å². The molecule has 0 fully saturated rings. The number of nitrogens with two attached hydrogens (primary N) is 1. The Kier molecular flexibility index (Phi) is 7.72. The fourth-order valence-electron chi connectivity index (χ4n) is 0.0500. The first-order valence-electron chi connectivity index (χ1n) is 3.25. The van der Waals surface area contributed by atoms with Gasteiger partial charge < -0.3 is 21.1 Å². The Morgan fingerprint density at radius 2 is 1.83 bits per heavy atom. The van der Waals surface area contributed by atoms with E-state index in [0.29, 0.717) is 0 Å². The molecular formula is C7H15NO4. The van der Waals surface area contributed by atoms with E-state index in [9.17, 15) is 4.79 Å². The molecule has 0 radical (unpaired) electrons. The Labute approximate surface area is 71.1 Å². The van der Waals surface area contributed by atoms with Gasteiger partial charge in [-0.15, -0.1) is 0 Å². The highest BCUT2D eigenvalue weighted by molar-refractivity contribution is 5.84. The fraction of sp³-hybridized carbons (Fsp3) is 0.571.